The van der Waals surface area contributed by atoms with Gasteiger partial charge in [0.15, 0.2) is 34.5 Å². The molecule has 7 rings (SSSR count). The lowest BCUT2D eigenvalue weighted by atomic mass is 9.85. The molecule has 4 aromatic carbocycles. The van der Waals surface area contributed by atoms with Gasteiger partial charge in [-0.25, -0.2) is 0 Å². The Labute approximate surface area is 207 Å². The van der Waals surface area contributed by atoms with E-state index in [-0.39, 0.29) is 25.4 Å². The van der Waals surface area contributed by atoms with Crippen LogP contribution in [0.1, 0.15) is 17.2 Å². The van der Waals surface area contributed by atoms with Crippen LogP contribution in [-0.4, -0.2) is 32.8 Å². The summed E-state index contributed by atoms with van der Waals surface area (Å²) in [6.07, 6.45) is 4.17. The molecule has 4 aromatic rings. The van der Waals surface area contributed by atoms with E-state index in [1.54, 1.807) is 13.2 Å². The monoisotopic (exact) mass is 481 g/mol. The molecule has 180 valence electrons. The molecule has 36 heavy (non-hydrogen) atoms. The van der Waals surface area contributed by atoms with E-state index in [0.717, 1.165) is 61.7 Å². The molecule has 7 heteroatoms. The van der Waals surface area contributed by atoms with Crippen LogP contribution in [0.25, 0.3) is 28.0 Å². The first-order valence-corrected chi connectivity index (χ1v) is 11.7. The Balaban J connectivity index is 1.43. The Bertz CT molecular complexity index is 1580. The molecular weight excluding hydrogens is 458 g/mol. The number of phenolic OH excluding ortho intramolecular Hbond substituents is 1. The number of benzene rings is 4. The highest BCUT2D eigenvalue weighted by atomic mass is 16.7. The average Bonchev–Trinajstić information content (AvgIpc) is 3.56. The van der Waals surface area contributed by atoms with Crippen LogP contribution >= 0.6 is 0 Å². The van der Waals surface area contributed by atoms with Crippen molar-refractivity contribution in [1.29, 1.82) is 0 Å². The number of phenols is 1. The summed E-state index contributed by atoms with van der Waals surface area (Å²) in [6.45, 7) is 0.437. The van der Waals surface area contributed by atoms with Crippen molar-refractivity contribution in [3.05, 3.63) is 71.8 Å². The summed E-state index contributed by atoms with van der Waals surface area (Å²) >= 11 is 0. The normalized spacial score (nSPS) is 16.9. The number of anilines is 1. The van der Waals surface area contributed by atoms with Crippen molar-refractivity contribution in [2.24, 2.45) is 0 Å². The highest BCUT2D eigenvalue weighted by Crippen LogP contribution is 2.54. The van der Waals surface area contributed by atoms with E-state index in [1.807, 2.05) is 30.3 Å². The van der Waals surface area contributed by atoms with Crippen molar-refractivity contribution in [2.75, 3.05) is 32.6 Å². The molecule has 0 amide bonds. The first-order chi connectivity index (χ1) is 17.6. The molecule has 3 aliphatic rings. The summed E-state index contributed by atoms with van der Waals surface area (Å²) in [4.78, 5) is 2.26. The summed E-state index contributed by atoms with van der Waals surface area (Å²) in [5.41, 5.74) is 5.30. The molecule has 0 fully saturated rings. The summed E-state index contributed by atoms with van der Waals surface area (Å²) in [7, 11) is 3.63. The summed E-state index contributed by atoms with van der Waals surface area (Å²) < 4.78 is 28.3. The van der Waals surface area contributed by atoms with E-state index in [1.165, 1.54) is 0 Å². The molecular formula is C29H23NO6. The first kappa shape index (κ1) is 20.8. The largest absolute Gasteiger partial charge is 0.504 e. The molecule has 3 heterocycles. The lowest BCUT2D eigenvalue weighted by Gasteiger charge is -2.37. The summed E-state index contributed by atoms with van der Waals surface area (Å²) in [5, 5.41) is 12.2. The fraction of sp³-hybridized carbons (Fsp3) is 0.172. The molecule has 0 spiro atoms. The van der Waals surface area contributed by atoms with Crippen LogP contribution in [0, 0.1) is 0 Å². The quantitative estimate of drug-likeness (QED) is 0.392. The van der Waals surface area contributed by atoms with Gasteiger partial charge >= 0.3 is 0 Å². The predicted molar refractivity (Wildman–Crippen MR) is 136 cm³/mol. The lowest BCUT2D eigenvalue weighted by molar-refractivity contribution is 0.173. The topological polar surface area (TPSA) is 69.6 Å². The van der Waals surface area contributed by atoms with Crippen molar-refractivity contribution in [3.8, 4) is 45.6 Å². The fourth-order valence-electron chi connectivity index (χ4n) is 5.38. The van der Waals surface area contributed by atoms with Crippen LogP contribution in [0.4, 0.5) is 5.69 Å². The molecule has 1 atom stereocenters. The second-order valence-electron chi connectivity index (χ2n) is 9.00. The van der Waals surface area contributed by atoms with Crippen molar-refractivity contribution in [3.63, 3.8) is 0 Å². The Kier molecular flexibility index (Phi) is 4.48. The van der Waals surface area contributed by atoms with Gasteiger partial charge in [0.2, 0.25) is 13.6 Å². The third-order valence-corrected chi connectivity index (χ3v) is 7.09. The standard InChI is InChI=1S/C29H23NO6/c1-30-21(8-3-16-4-9-22(31)24(11-16)32-2)27-18(7-10-23-29(27)36-15-33-23)19-6-5-17-12-25-26(35-14-34-25)13-20(17)28(19)30/h3-13,21,31H,14-15H2,1-2H3/t21-/m1/s1. The van der Waals surface area contributed by atoms with Gasteiger partial charge in [0.1, 0.15) is 0 Å². The summed E-state index contributed by atoms with van der Waals surface area (Å²) in [5.74, 6) is 3.58. The number of aromatic hydroxyl groups is 1. The zero-order valence-electron chi connectivity index (χ0n) is 19.8. The molecule has 0 bridgehead atoms. The molecule has 0 saturated heterocycles. The third-order valence-electron chi connectivity index (χ3n) is 7.09. The van der Waals surface area contributed by atoms with Crippen molar-refractivity contribution in [1.82, 2.24) is 0 Å². The van der Waals surface area contributed by atoms with Crippen LogP contribution in [-0.2, 0) is 0 Å². The Morgan fingerprint density at radius 3 is 2.53 bits per heavy atom. The maximum absolute atomic E-state index is 10.00. The Morgan fingerprint density at radius 1 is 0.889 bits per heavy atom. The number of hydrogen-bond acceptors (Lipinski definition) is 7. The molecule has 7 nitrogen and oxygen atoms in total. The van der Waals surface area contributed by atoms with Crippen LogP contribution in [0.5, 0.6) is 34.5 Å². The molecule has 0 aromatic heterocycles. The summed E-state index contributed by atoms with van der Waals surface area (Å²) in [6, 6.07) is 17.6. The zero-order chi connectivity index (χ0) is 24.4. The number of ether oxygens (including phenoxy) is 5. The lowest BCUT2D eigenvalue weighted by Crippen LogP contribution is -2.27. The molecule has 1 N–H and O–H groups in total. The van der Waals surface area contributed by atoms with Gasteiger partial charge in [0.05, 0.1) is 18.8 Å². The van der Waals surface area contributed by atoms with Gasteiger partial charge in [-0.2, -0.15) is 0 Å². The van der Waals surface area contributed by atoms with Crippen LogP contribution in [0.2, 0.25) is 0 Å². The predicted octanol–water partition coefficient (Wildman–Crippen LogP) is 5.88. The minimum Gasteiger partial charge on any atom is -0.504 e. The highest BCUT2D eigenvalue weighted by Gasteiger charge is 2.35. The third kappa shape index (κ3) is 2.99. The highest BCUT2D eigenvalue weighted by molar-refractivity contribution is 6.06. The average molecular weight is 482 g/mol. The van der Waals surface area contributed by atoms with Crippen LogP contribution < -0.4 is 28.6 Å². The Hall–Kier alpha value is -4.52. The van der Waals surface area contributed by atoms with E-state index in [4.69, 9.17) is 23.7 Å². The number of rotatable bonds is 3. The van der Waals surface area contributed by atoms with Gasteiger partial charge in [-0.05, 0) is 52.9 Å². The number of nitrogens with zero attached hydrogens (tertiary/aromatic N) is 1. The SMILES string of the molecule is COc1cc(C=C[C@@H]2c3c(ccc4c3OCO4)-c3ccc4cc5c(cc4c3N2C)OCO5)ccc1O. The Morgan fingerprint density at radius 2 is 1.67 bits per heavy atom. The van der Waals surface area contributed by atoms with Gasteiger partial charge in [-0.1, -0.05) is 30.4 Å². The molecule has 0 saturated carbocycles. The van der Waals surface area contributed by atoms with E-state index < -0.39 is 0 Å². The van der Waals surface area contributed by atoms with E-state index in [2.05, 4.69) is 42.3 Å². The van der Waals surface area contributed by atoms with Crippen molar-refractivity contribution >= 4 is 22.5 Å². The number of hydrogen-bond donors (Lipinski definition) is 1. The van der Waals surface area contributed by atoms with E-state index in [9.17, 15) is 5.11 Å². The van der Waals surface area contributed by atoms with Gasteiger partial charge in [0, 0.05) is 23.6 Å². The fourth-order valence-corrected chi connectivity index (χ4v) is 5.38. The molecule has 0 aliphatic carbocycles. The van der Waals surface area contributed by atoms with E-state index >= 15 is 0 Å². The van der Waals surface area contributed by atoms with Gasteiger partial charge in [-0.15, -0.1) is 0 Å². The zero-order valence-corrected chi connectivity index (χ0v) is 19.8. The minimum absolute atomic E-state index is 0.109. The van der Waals surface area contributed by atoms with Crippen LogP contribution in [0.3, 0.4) is 0 Å². The van der Waals surface area contributed by atoms with E-state index in [0.29, 0.717) is 5.75 Å². The smallest absolute Gasteiger partial charge is 0.231 e. The van der Waals surface area contributed by atoms with Crippen molar-refractivity contribution < 1.29 is 28.8 Å². The first-order valence-electron chi connectivity index (χ1n) is 11.7. The van der Waals surface area contributed by atoms with Crippen LogP contribution in [0.15, 0.2) is 60.7 Å². The van der Waals surface area contributed by atoms with Gasteiger partial charge in [-0.3, -0.25) is 0 Å². The second kappa shape index (κ2) is 7.75. The number of methoxy groups -OCH3 is 1. The van der Waals surface area contributed by atoms with Crippen molar-refractivity contribution in [2.45, 2.75) is 6.04 Å². The minimum atomic E-state index is -0.139. The number of likely N-dealkylation sites (N-methyl/N-ethyl adjacent to an activating group) is 1. The number of fused-ring (bicyclic) bond motifs is 8. The second-order valence-corrected chi connectivity index (χ2v) is 9.00. The molecule has 0 unspecified atom stereocenters. The van der Waals surface area contributed by atoms with Gasteiger partial charge < -0.3 is 33.7 Å². The maximum atomic E-state index is 10.00. The van der Waals surface area contributed by atoms with Gasteiger partial charge in [0.25, 0.3) is 0 Å². The molecule has 3 aliphatic heterocycles. The molecule has 0 radical (unpaired) electrons. The maximum Gasteiger partial charge on any atom is 0.231 e.